The zero-order valence-electron chi connectivity index (χ0n) is 5.03. The fourth-order valence-electron chi connectivity index (χ4n) is 0.293. The number of rotatable bonds is 1. The normalized spacial score (nSPS) is 13.6. The van der Waals surface area contributed by atoms with Gasteiger partial charge in [0, 0.05) is 0 Å². The minimum Gasteiger partial charge on any atom is -0.592 e. The van der Waals surface area contributed by atoms with Crippen LogP contribution in [0.2, 0.25) is 0 Å². The molecule has 0 unspecified atom stereocenters. The van der Waals surface area contributed by atoms with Gasteiger partial charge in [0.25, 0.3) is 0 Å². The standard InChI is InChI=1S/2CH2O3.Al.Cs/c2*2-1(3)4;;/h2*(H2,2,3,4);;/q;;+3;+1/p-4. The molecule has 0 amide bonds. The SMILES string of the molecule is O=C([O-])[O][Al]1[O]C(=O)[O]1.[Cs+]. The molecule has 0 bridgehead atoms. The van der Waals surface area contributed by atoms with Crippen molar-refractivity contribution < 1.29 is 95.0 Å². The van der Waals surface area contributed by atoms with E-state index in [1.807, 2.05) is 0 Å². The summed E-state index contributed by atoms with van der Waals surface area (Å²) in [6, 6.07) is 0. The van der Waals surface area contributed by atoms with E-state index in [9.17, 15) is 14.7 Å². The fourth-order valence-corrected chi connectivity index (χ4v) is 0.878. The Morgan fingerprint density at radius 3 is 2.40 bits per heavy atom. The average molecular weight is 280 g/mol. The van der Waals surface area contributed by atoms with Crippen molar-refractivity contribution in [3.63, 3.8) is 0 Å². The Morgan fingerprint density at radius 2 is 2.10 bits per heavy atom. The summed E-state index contributed by atoms with van der Waals surface area (Å²) in [5.74, 6) is 0. The Hall–Kier alpha value is 1.12. The molecule has 0 saturated carbocycles. The Morgan fingerprint density at radius 1 is 1.60 bits per heavy atom. The van der Waals surface area contributed by atoms with Gasteiger partial charge in [0.05, 0.1) is 0 Å². The van der Waals surface area contributed by atoms with E-state index in [1.54, 1.807) is 0 Å². The summed E-state index contributed by atoms with van der Waals surface area (Å²) in [7, 11) is 0. The minimum atomic E-state index is -2.63. The van der Waals surface area contributed by atoms with E-state index in [2.05, 4.69) is 11.4 Å². The van der Waals surface area contributed by atoms with Gasteiger partial charge >= 0.3 is 90.2 Å². The topological polar surface area (TPSA) is 84.9 Å². The molecule has 0 N–H and O–H groups in total. The van der Waals surface area contributed by atoms with Gasteiger partial charge in [-0.1, -0.05) is 0 Å². The van der Waals surface area contributed by atoms with Crippen molar-refractivity contribution in [3.05, 3.63) is 0 Å². The van der Waals surface area contributed by atoms with Gasteiger partial charge in [-0.05, 0) is 0 Å². The van der Waals surface area contributed by atoms with Crippen LogP contribution >= 0.6 is 0 Å². The first-order chi connectivity index (χ1) is 4.18. The number of carboxylic acid groups (broad SMARTS) is 1. The molecule has 1 saturated heterocycles. The number of hydrogen-bond donors (Lipinski definition) is 0. The van der Waals surface area contributed by atoms with Crippen LogP contribution in [-0.4, -0.2) is 27.5 Å². The first-order valence-corrected chi connectivity index (χ1v) is 3.35. The van der Waals surface area contributed by atoms with E-state index in [0.717, 1.165) is 0 Å². The molecule has 0 aromatic heterocycles. The third-order valence-corrected chi connectivity index (χ3v) is 1.73. The van der Waals surface area contributed by atoms with Crippen LogP contribution in [0.3, 0.4) is 0 Å². The Bertz CT molecular complexity index is 150. The van der Waals surface area contributed by atoms with Crippen LogP contribution in [0.1, 0.15) is 0 Å². The molecule has 1 heterocycles. The van der Waals surface area contributed by atoms with Gasteiger partial charge in [-0.15, -0.1) is 0 Å². The van der Waals surface area contributed by atoms with Gasteiger partial charge in [0.1, 0.15) is 0 Å². The maximum atomic E-state index is 9.79. The van der Waals surface area contributed by atoms with Crippen LogP contribution in [-0.2, 0) is 11.4 Å². The Kier molecular flexibility index (Phi) is 5.44. The minimum absolute atomic E-state index is 0. The summed E-state index contributed by atoms with van der Waals surface area (Å²) in [6.07, 6.45) is -2.63. The van der Waals surface area contributed by atoms with Gasteiger partial charge in [0.15, 0.2) is 0 Å². The Balaban J connectivity index is 0.000000810. The molecule has 10 heavy (non-hydrogen) atoms. The predicted molar refractivity (Wildman–Crippen MR) is 19.8 cm³/mol. The smallest absolute Gasteiger partial charge is 0.592 e. The second-order valence-electron chi connectivity index (χ2n) is 1.14. The molecule has 6 nitrogen and oxygen atoms in total. The third kappa shape index (κ3) is 3.50. The van der Waals surface area contributed by atoms with Crippen LogP contribution < -0.4 is 74.0 Å². The molecule has 1 fully saturated rings. The van der Waals surface area contributed by atoms with E-state index in [1.165, 1.54) is 0 Å². The summed E-state index contributed by atoms with van der Waals surface area (Å²) < 4.78 is 12.0. The quantitative estimate of drug-likeness (QED) is 0.450. The van der Waals surface area contributed by atoms with Crippen LogP contribution in [0.15, 0.2) is 0 Å². The molecule has 0 radical (unpaired) electrons. The van der Waals surface area contributed by atoms with Crippen molar-refractivity contribution in [2.45, 2.75) is 0 Å². The second kappa shape index (κ2) is 4.89. The molecular formula is C2AlCsO6. The number of hydrogen-bond acceptors (Lipinski definition) is 6. The first kappa shape index (κ1) is 11.1. The van der Waals surface area contributed by atoms with Crippen molar-refractivity contribution in [2.75, 3.05) is 0 Å². The fraction of sp³-hybridized carbons (Fsp3) is 0. The zero-order valence-corrected chi connectivity index (χ0v) is 12.5. The average Bonchev–Trinajstić information content (AvgIpc) is 1.60. The third-order valence-electron chi connectivity index (χ3n) is 0.577. The largest absolute Gasteiger partial charge is 1.06 e. The summed E-state index contributed by atoms with van der Waals surface area (Å²) in [5.41, 5.74) is 0. The van der Waals surface area contributed by atoms with Crippen molar-refractivity contribution in [3.8, 4) is 0 Å². The monoisotopic (exact) mass is 280 g/mol. The summed E-state index contributed by atoms with van der Waals surface area (Å²) >= 11 is -2.63. The van der Waals surface area contributed by atoms with Crippen LogP contribution in [0.25, 0.3) is 0 Å². The van der Waals surface area contributed by atoms with Crippen LogP contribution in [0, 0.1) is 0 Å². The molecule has 1 rings (SSSR count). The molecule has 1 aliphatic heterocycles. The molecule has 0 aliphatic carbocycles. The maximum Gasteiger partial charge on any atom is 1.06 e. The molecule has 0 spiro atoms. The zero-order chi connectivity index (χ0) is 6.85. The summed E-state index contributed by atoms with van der Waals surface area (Å²) in [4.78, 5) is 19.3. The first-order valence-electron chi connectivity index (χ1n) is 1.93. The molecular weight excluding hydrogens is 280 g/mol. The van der Waals surface area contributed by atoms with Crippen LogP contribution in [0.4, 0.5) is 9.59 Å². The van der Waals surface area contributed by atoms with Gasteiger partial charge in [-0.3, -0.25) is 0 Å². The van der Waals surface area contributed by atoms with Gasteiger partial charge < -0.3 is 21.3 Å². The van der Waals surface area contributed by atoms with E-state index >= 15 is 0 Å². The van der Waals surface area contributed by atoms with E-state index < -0.39 is 27.5 Å². The molecule has 0 atom stereocenters. The molecule has 48 valence electrons. The van der Waals surface area contributed by atoms with Crippen molar-refractivity contribution in [1.29, 1.82) is 0 Å². The Labute approximate surface area is 120 Å². The van der Waals surface area contributed by atoms with Gasteiger partial charge in [-0.2, -0.15) is 0 Å². The molecule has 8 heteroatoms. The van der Waals surface area contributed by atoms with E-state index in [-0.39, 0.29) is 68.9 Å². The second-order valence-corrected chi connectivity index (χ2v) is 2.43. The molecule has 0 aromatic rings. The predicted octanol–water partition coefficient (Wildman–Crippen LogP) is -4.50. The van der Waals surface area contributed by atoms with Crippen molar-refractivity contribution in [1.82, 2.24) is 0 Å². The van der Waals surface area contributed by atoms with E-state index in [0.29, 0.717) is 0 Å². The number of carbonyl (C=O) groups excluding carboxylic acids is 2. The molecule has 1 aliphatic rings. The van der Waals surface area contributed by atoms with E-state index in [4.69, 9.17) is 0 Å². The van der Waals surface area contributed by atoms with Gasteiger partial charge in [-0.25, -0.2) is 4.79 Å². The number of carbonyl (C=O) groups is 2. The van der Waals surface area contributed by atoms with Gasteiger partial charge in [0.2, 0.25) is 6.16 Å². The van der Waals surface area contributed by atoms with Crippen molar-refractivity contribution in [2.24, 2.45) is 0 Å². The van der Waals surface area contributed by atoms with Crippen molar-refractivity contribution >= 4 is 27.5 Å². The van der Waals surface area contributed by atoms with Crippen LogP contribution in [0.5, 0.6) is 0 Å². The molecule has 0 aromatic carbocycles. The summed E-state index contributed by atoms with van der Waals surface area (Å²) in [6.45, 7) is 0. The summed E-state index contributed by atoms with van der Waals surface area (Å²) in [5, 5.41) is 9.54. The maximum absolute atomic E-state index is 9.79.